The predicted molar refractivity (Wildman–Crippen MR) is 96.7 cm³/mol. The van der Waals surface area contributed by atoms with Crippen LogP contribution in [0.15, 0.2) is 18.2 Å². The maximum atomic E-state index is 12.7. The van der Waals surface area contributed by atoms with Crippen LogP contribution in [-0.2, 0) is 13.0 Å². The molecule has 25 heavy (non-hydrogen) atoms. The van der Waals surface area contributed by atoms with Gasteiger partial charge in [-0.2, -0.15) is 0 Å². The highest BCUT2D eigenvalue weighted by Gasteiger charge is 2.29. The summed E-state index contributed by atoms with van der Waals surface area (Å²) >= 11 is 5.92. The molecule has 0 unspecified atom stereocenters. The normalized spacial score (nSPS) is 18.2. The number of benzene rings is 1. The van der Waals surface area contributed by atoms with Gasteiger partial charge in [-0.1, -0.05) is 11.6 Å². The minimum atomic E-state index is -0.0177. The van der Waals surface area contributed by atoms with Gasteiger partial charge in [-0.25, -0.2) is 0 Å². The Kier molecular flexibility index (Phi) is 4.37. The molecule has 1 fully saturated rings. The number of amides is 1. The molecule has 1 aromatic carbocycles. The smallest absolute Gasteiger partial charge is 0.255 e. The molecule has 0 atom stereocenters. The third kappa shape index (κ3) is 3.11. The Morgan fingerprint density at radius 2 is 1.96 bits per heavy atom. The molecule has 1 amide bonds. The van der Waals surface area contributed by atoms with E-state index in [1.807, 2.05) is 4.90 Å². The molecule has 0 spiro atoms. The Morgan fingerprint density at radius 3 is 2.72 bits per heavy atom. The van der Waals surface area contributed by atoms with Gasteiger partial charge in [0.25, 0.3) is 5.91 Å². The highest BCUT2D eigenvalue weighted by molar-refractivity contribution is 6.31. The molecule has 4 rings (SSSR count). The van der Waals surface area contributed by atoms with Crippen molar-refractivity contribution >= 4 is 23.2 Å². The summed E-state index contributed by atoms with van der Waals surface area (Å²) in [6, 6.07) is 5.05. The van der Waals surface area contributed by atoms with E-state index < -0.39 is 0 Å². The second-order valence-corrected chi connectivity index (χ2v) is 7.32. The van der Waals surface area contributed by atoms with Crippen molar-refractivity contribution in [2.45, 2.75) is 44.6 Å². The van der Waals surface area contributed by atoms with Crippen molar-refractivity contribution in [3.63, 3.8) is 0 Å². The zero-order valence-corrected chi connectivity index (χ0v) is 14.9. The number of aryl methyl sites for hydroxylation is 1. The lowest BCUT2D eigenvalue weighted by Gasteiger charge is -2.32. The molecule has 2 aromatic rings. The molecule has 6 nitrogen and oxygen atoms in total. The lowest BCUT2D eigenvalue weighted by Crippen LogP contribution is -2.38. The zero-order chi connectivity index (χ0) is 17.4. The molecule has 2 aliphatic rings. The summed E-state index contributed by atoms with van der Waals surface area (Å²) in [4.78, 5) is 14.6. The van der Waals surface area contributed by atoms with E-state index in [9.17, 15) is 4.79 Å². The summed E-state index contributed by atoms with van der Waals surface area (Å²) in [6.45, 7) is 2.46. The van der Waals surface area contributed by atoms with Gasteiger partial charge in [0.05, 0.1) is 5.56 Å². The number of halogens is 1. The van der Waals surface area contributed by atoms with E-state index in [0.717, 1.165) is 37.5 Å². The van der Waals surface area contributed by atoms with Gasteiger partial charge in [0.1, 0.15) is 11.6 Å². The topological polar surface area (TPSA) is 77.0 Å². The molecule has 0 bridgehead atoms. The van der Waals surface area contributed by atoms with Crippen LogP contribution < -0.4 is 5.73 Å². The van der Waals surface area contributed by atoms with E-state index in [1.165, 1.54) is 12.8 Å². The van der Waals surface area contributed by atoms with Gasteiger partial charge in [0.2, 0.25) is 0 Å². The first-order valence-electron chi connectivity index (χ1n) is 8.90. The number of carbonyl (C=O) groups excluding carboxylic acids is 1. The predicted octanol–water partition coefficient (Wildman–Crippen LogP) is 2.87. The molecule has 2 aliphatic heterocycles. The second-order valence-electron chi connectivity index (χ2n) is 6.88. The van der Waals surface area contributed by atoms with E-state index in [-0.39, 0.29) is 5.91 Å². The van der Waals surface area contributed by atoms with E-state index in [1.54, 1.807) is 18.2 Å². The van der Waals surface area contributed by atoms with Crippen molar-refractivity contribution in [3.8, 4) is 0 Å². The summed E-state index contributed by atoms with van der Waals surface area (Å²) in [6.07, 6.45) is 5.26. The SMILES string of the molecule is Nc1cc(Cl)ccc1C(=O)N1CCC(c2nnc3n2CCCC3)CC1. The number of nitrogens with zero attached hydrogens (tertiary/aromatic N) is 4. The lowest BCUT2D eigenvalue weighted by molar-refractivity contribution is 0.0711. The Balaban J connectivity index is 1.44. The Morgan fingerprint density at radius 1 is 1.16 bits per heavy atom. The molecule has 0 saturated carbocycles. The average molecular weight is 360 g/mol. The maximum Gasteiger partial charge on any atom is 0.255 e. The summed E-state index contributed by atoms with van der Waals surface area (Å²) in [5.41, 5.74) is 6.92. The van der Waals surface area contributed by atoms with E-state index in [0.29, 0.717) is 35.3 Å². The van der Waals surface area contributed by atoms with Crippen LogP contribution in [0.3, 0.4) is 0 Å². The van der Waals surface area contributed by atoms with Crippen molar-refractivity contribution in [1.82, 2.24) is 19.7 Å². The van der Waals surface area contributed by atoms with Gasteiger partial charge in [-0.3, -0.25) is 4.79 Å². The number of nitrogen functional groups attached to an aromatic ring is 1. The molecule has 0 radical (unpaired) electrons. The maximum absolute atomic E-state index is 12.7. The number of rotatable bonds is 2. The van der Waals surface area contributed by atoms with Crippen LogP contribution in [0.5, 0.6) is 0 Å². The fraction of sp³-hybridized carbons (Fsp3) is 0.500. The fourth-order valence-corrected chi connectivity index (χ4v) is 4.05. The highest BCUT2D eigenvalue weighted by atomic mass is 35.5. The van der Waals surface area contributed by atoms with Gasteiger partial charge in [-0.15, -0.1) is 10.2 Å². The van der Waals surface area contributed by atoms with Crippen LogP contribution in [0.25, 0.3) is 0 Å². The van der Waals surface area contributed by atoms with Gasteiger partial charge in [-0.05, 0) is 43.9 Å². The van der Waals surface area contributed by atoms with Gasteiger partial charge in [0, 0.05) is 42.7 Å². The number of hydrogen-bond acceptors (Lipinski definition) is 4. The van der Waals surface area contributed by atoms with E-state index in [2.05, 4.69) is 14.8 Å². The number of anilines is 1. The number of aromatic nitrogens is 3. The number of likely N-dealkylation sites (tertiary alicyclic amines) is 1. The van der Waals surface area contributed by atoms with Crippen molar-refractivity contribution in [2.24, 2.45) is 0 Å². The van der Waals surface area contributed by atoms with Gasteiger partial charge in [0.15, 0.2) is 0 Å². The average Bonchev–Trinajstić information content (AvgIpc) is 3.05. The molecule has 1 aromatic heterocycles. The standard InChI is InChI=1S/C18H22ClN5O/c19-13-4-5-14(15(20)11-13)18(25)23-9-6-12(7-10-23)17-22-21-16-3-1-2-8-24(16)17/h4-5,11-12H,1-3,6-10,20H2. The minimum Gasteiger partial charge on any atom is -0.398 e. The Hall–Kier alpha value is -2.08. The van der Waals surface area contributed by atoms with E-state index in [4.69, 9.17) is 17.3 Å². The van der Waals surface area contributed by atoms with Crippen molar-refractivity contribution in [3.05, 3.63) is 40.4 Å². The monoisotopic (exact) mass is 359 g/mol. The first-order chi connectivity index (χ1) is 12.1. The number of hydrogen-bond donors (Lipinski definition) is 1. The molecular formula is C18H22ClN5O. The van der Waals surface area contributed by atoms with Crippen molar-refractivity contribution < 1.29 is 4.79 Å². The zero-order valence-electron chi connectivity index (χ0n) is 14.1. The molecule has 7 heteroatoms. The number of fused-ring (bicyclic) bond motifs is 1. The van der Waals surface area contributed by atoms with Crippen LogP contribution in [0, 0.1) is 0 Å². The van der Waals surface area contributed by atoms with Gasteiger partial charge >= 0.3 is 0 Å². The summed E-state index contributed by atoms with van der Waals surface area (Å²) in [5.74, 6) is 2.59. The lowest BCUT2D eigenvalue weighted by atomic mass is 9.95. The first-order valence-corrected chi connectivity index (χ1v) is 9.27. The Labute approximate surface area is 152 Å². The number of nitrogens with two attached hydrogens (primary N) is 1. The first kappa shape index (κ1) is 16.4. The number of carbonyl (C=O) groups is 1. The van der Waals surface area contributed by atoms with Crippen molar-refractivity contribution in [2.75, 3.05) is 18.8 Å². The molecule has 3 heterocycles. The van der Waals surface area contributed by atoms with Crippen LogP contribution in [0.1, 0.15) is 53.6 Å². The molecule has 0 aliphatic carbocycles. The van der Waals surface area contributed by atoms with Crippen LogP contribution in [-0.4, -0.2) is 38.7 Å². The summed E-state index contributed by atoms with van der Waals surface area (Å²) in [5, 5.41) is 9.35. The number of piperidine rings is 1. The van der Waals surface area contributed by atoms with Crippen LogP contribution in [0.4, 0.5) is 5.69 Å². The summed E-state index contributed by atoms with van der Waals surface area (Å²) < 4.78 is 2.29. The van der Waals surface area contributed by atoms with Crippen molar-refractivity contribution in [1.29, 1.82) is 0 Å². The largest absolute Gasteiger partial charge is 0.398 e. The third-order valence-corrected chi connectivity index (χ3v) is 5.51. The van der Waals surface area contributed by atoms with Crippen LogP contribution >= 0.6 is 11.6 Å². The van der Waals surface area contributed by atoms with Gasteiger partial charge < -0.3 is 15.2 Å². The molecule has 132 valence electrons. The van der Waals surface area contributed by atoms with E-state index >= 15 is 0 Å². The molecule has 2 N–H and O–H groups in total. The summed E-state index contributed by atoms with van der Waals surface area (Å²) in [7, 11) is 0. The Bertz CT molecular complexity index is 795. The molecular weight excluding hydrogens is 338 g/mol. The highest BCUT2D eigenvalue weighted by Crippen LogP contribution is 2.30. The minimum absolute atomic E-state index is 0.0177. The quantitative estimate of drug-likeness (QED) is 0.836. The second kappa shape index (κ2) is 6.67. The fourth-order valence-electron chi connectivity index (χ4n) is 3.87. The third-order valence-electron chi connectivity index (χ3n) is 5.28. The molecule has 1 saturated heterocycles. The van der Waals surface area contributed by atoms with Crippen LogP contribution in [0.2, 0.25) is 5.02 Å².